The van der Waals surface area contributed by atoms with Crippen LogP contribution >= 0.6 is 0 Å². The maximum atomic E-state index is 12.7. The first-order valence-electron chi connectivity index (χ1n) is 6.29. The van der Waals surface area contributed by atoms with Gasteiger partial charge in [0.05, 0.1) is 6.42 Å². The first-order chi connectivity index (χ1) is 10.1. The molecule has 5 heteroatoms. The molecule has 0 unspecified atom stereocenters. The molecule has 0 saturated carbocycles. The van der Waals surface area contributed by atoms with E-state index in [0.29, 0.717) is 5.75 Å². The van der Waals surface area contributed by atoms with Crippen LogP contribution in [0.5, 0.6) is 5.75 Å². The lowest BCUT2D eigenvalue weighted by atomic mass is 10.2. The zero-order valence-corrected chi connectivity index (χ0v) is 11.1. The van der Waals surface area contributed by atoms with E-state index in [2.05, 4.69) is 4.74 Å². The van der Waals surface area contributed by atoms with Crippen LogP contribution in [0.2, 0.25) is 0 Å². The molecule has 0 spiro atoms. The average molecular weight is 288 g/mol. The summed E-state index contributed by atoms with van der Waals surface area (Å²) in [7, 11) is 0. The Morgan fingerprint density at radius 2 is 1.57 bits per heavy atom. The zero-order chi connectivity index (χ0) is 15.1. The van der Waals surface area contributed by atoms with Gasteiger partial charge in [-0.2, -0.15) is 0 Å². The second-order valence-electron chi connectivity index (χ2n) is 4.25. The van der Waals surface area contributed by atoms with Crippen LogP contribution in [-0.2, 0) is 20.7 Å². The Hall–Kier alpha value is -2.69. The van der Waals surface area contributed by atoms with E-state index < -0.39 is 24.4 Å². The first kappa shape index (κ1) is 14.7. The fraction of sp³-hybridized carbons (Fsp3) is 0.125. The molecule has 108 valence electrons. The third-order valence-corrected chi connectivity index (χ3v) is 2.59. The van der Waals surface area contributed by atoms with Crippen LogP contribution < -0.4 is 4.74 Å². The molecule has 0 fully saturated rings. The third kappa shape index (κ3) is 5.06. The van der Waals surface area contributed by atoms with Crippen molar-refractivity contribution < 1.29 is 23.5 Å². The SMILES string of the molecule is O=C(COc1ccc(F)cc1)OC(=O)Cc1ccccc1. The maximum Gasteiger partial charge on any atom is 0.351 e. The van der Waals surface area contributed by atoms with Crippen molar-refractivity contribution in [3.63, 3.8) is 0 Å². The van der Waals surface area contributed by atoms with Gasteiger partial charge in [-0.05, 0) is 29.8 Å². The number of halogens is 1. The van der Waals surface area contributed by atoms with Crippen molar-refractivity contribution >= 4 is 11.9 Å². The summed E-state index contributed by atoms with van der Waals surface area (Å²) < 4.78 is 22.4. The van der Waals surface area contributed by atoms with E-state index in [1.54, 1.807) is 24.3 Å². The Morgan fingerprint density at radius 3 is 2.24 bits per heavy atom. The number of rotatable bonds is 5. The van der Waals surface area contributed by atoms with Gasteiger partial charge in [0.1, 0.15) is 11.6 Å². The van der Waals surface area contributed by atoms with Crippen molar-refractivity contribution in [3.8, 4) is 5.75 Å². The monoisotopic (exact) mass is 288 g/mol. The fourth-order valence-corrected chi connectivity index (χ4v) is 1.63. The second kappa shape index (κ2) is 7.19. The van der Waals surface area contributed by atoms with Gasteiger partial charge in [-0.15, -0.1) is 0 Å². The Bertz CT molecular complexity index is 608. The Morgan fingerprint density at radius 1 is 0.905 bits per heavy atom. The second-order valence-corrected chi connectivity index (χ2v) is 4.25. The standard InChI is InChI=1S/C16H13FO4/c17-13-6-8-14(9-7-13)20-11-16(19)21-15(18)10-12-4-2-1-3-5-12/h1-9H,10-11H2. The third-order valence-electron chi connectivity index (χ3n) is 2.59. The molecule has 4 nitrogen and oxygen atoms in total. The van der Waals surface area contributed by atoms with Gasteiger partial charge in [0.15, 0.2) is 6.61 Å². The lowest BCUT2D eigenvalue weighted by Gasteiger charge is -2.06. The number of carbonyl (C=O) groups excluding carboxylic acids is 2. The molecule has 2 aromatic rings. The van der Waals surface area contributed by atoms with Crippen molar-refractivity contribution in [2.45, 2.75) is 6.42 Å². The molecule has 0 atom stereocenters. The van der Waals surface area contributed by atoms with Crippen molar-refractivity contribution in [3.05, 3.63) is 66.0 Å². The molecule has 0 aliphatic carbocycles. The van der Waals surface area contributed by atoms with Crippen LogP contribution in [0.15, 0.2) is 54.6 Å². The van der Waals surface area contributed by atoms with Gasteiger partial charge in [-0.1, -0.05) is 30.3 Å². The molecular formula is C16H13FO4. The number of carbonyl (C=O) groups is 2. The van der Waals surface area contributed by atoms with E-state index >= 15 is 0 Å². The minimum atomic E-state index is -0.791. The Labute approximate surface area is 121 Å². The van der Waals surface area contributed by atoms with Crippen LogP contribution in [-0.4, -0.2) is 18.5 Å². The van der Waals surface area contributed by atoms with Crippen molar-refractivity contribution in [2.75, 3.05) is 6.61 Å². The lowest BCUT2D eigenvalue weighted by molar-refractivity contribution is -0.160. The molecule has 21 heavy (non-hydrogen) atoms. The van der Waals surface area contributed by atoms with Crippen LogP contribution in [0.25, 0.3) is 0 Å². The molecule has 0 aliphatic heterocycles. The first-order valence-corrected chi connectivity index (χ1v) is 6.29. The van der Waals surface area contributed by atoms with Crippen LogP contribution in [0, 0.1) is 5.82 Å². The molecule has 2 rings (SSSR count). The van der Waals surface area contributed by atoms with Crippen LogP contribution in [0.4, 0.5) is 4.39 Å². The Kier molecular flexibility index (Phi) is 5.04. The van der Waals surface area contributed by atoms with E-state index in [4.69, 9.17) is 4.74 Å². The molecule has 0 bridgehead atoms. The highest BCUT2D eigenvalue weighted by Crippen LogP contribution is 2.11. The molecule has 0 aromatic heterocycles. The number of hydrogen-bond acceptors (Lipinski definition) is 4. The number of benzene rings is 2. The number of esters is 2. The summed E-state index contributed by atoms with van der Waals surface area (Å²) in [4.78, 5) is 23.0. The maximum absolute atomic E-state index is 12.7. The fourth-order valence-electron chi connectivity index (χ4n) is 1.63. The largest absolute Gasteiger partial charge is 0.482 e. The average Bonchev–Trinajstić information content (AvgIpc) is 2.47. The highest BCUT2D eigenvalue weighted by Gasteiger charge is 2.12. The number of ether oxygens (including phenoxy) is 2. The molecule has 0 N–H and O–H groups in total. The van der Waals surface area contributed by atoms with Gasteiger partial charge in [-0.3, -0.25) is 4.79 Å². The highest BCUT2D eigenvalue weighted by molar-refractivity contribution is 5.87. The van der Waals surface area contributed by atoms with E-state index in [-0.39, 0.29) is 6.42 Å². The molecule has 2 aromatic carbocycles. The summed E-state index contributed by atoms with van der Waals surface area (Å²) in [6.45, 7) is -0.411. The molecule has 0 radical (unpaired) electrons. The lowest BCUT2D eigenvalue weighted by Crippen LogP contribution is -2.20. The molecular weight excluding hydrogens is 275 g/mol. The van der Waals surface area contributed by atoms with Gasteiger partial charge in [-0.25, -0.2) is 9.18 Å². The predicted octanol–water partition coefficient (Wildman–Crippen LogP) is 2.52. The zero-order valence-electron chi connectivity index (χ0n) is 11.1. The number of hydrogen-bond donors (Lipinski definition) is 0. The summed E-state index contributed by atoms with van der Waals surface area (Å²) in [6, 6.07) is 14.1. The molecule has 0 amide bonds. The minimum absolute atomic E-state index is 0.0170. The molecule has 0 aliphatic rings. The molecule has 0 heterocycles. The van der Waals surface area contributed by atoms with E-state index in [1.165, 1.54) is 24.3 Å². The van der Waals surface area contributed by atoms with Gasteiger partial charge < -0.3 is 9.47 Å². The van der Waals surface area contributed by atoms with Crippen LogP contribution in [0.3, 0.4) is 0 Å². The van der Waals surface area contributed by atoms with Crippen molar-refractivity contribution in [1.82, 2.24) is 0 Å². The predicted molar refractivity (Wildman–Crippen MR) is 73.1 cm³/mol. The van der Waals surface area contributed by atoms with E-state index in [0.717, 1.165) is 5.56 Å². The van der Waals surface area contributed by atoms with Gasteiger partial charge in [0.25, 0.3) is 0 Å². The van der Waals surface area contributed by atoms with Gasteiger partial charge >= 0.3 is 11.9 Å². The van der Waals surface area contributed by atoms with E-state index in [9.17, 15) is 14.0 Å². The summed E-state index contributed by atoms with van der Waals surface area (Å²) in [5.74, 6) is -1.51. The topological polar surface area (TPSA) is 52.6 Å². The Balaban J connectivity index is 1.76. The van der Waals surface area contributed by atoms with Crippen molar-refractivity contribution in [2.24, 2.45) is 0 Å². The molecule has 0 saturated heterocycles. The van der Waals surface area contributed by atoms with E-state index in [1.807, 2.05) is 6.07 Å². The van der Waals surface area contributed by atoms with Crippen LogP contribution in [0.1, 0.15) is 5.56 Å². The summed E-state index contributed by atoms with van der Waals surface area (Å²) >= 11 is 0. The van der Waals surface area contributed by atoms with Gasteiger partial charge in [0, 0.05) is 0 Å². The normalized spacial score (nSPS) is 9.95. The smallest absolute Gasteiger partial charge is 0.351 e. The summed E-state index contributed by atoms with van der Waals surface area (Å²) in [5.41, 5.74) is 0.759. The summed E-state index contributed by atoms with van der Waals surface area (Å²) in [6.07, 6.45) is 0.0170. The van der Waals surface area contributed by atoms with Crippen molar-refractivity contribution in [1.29, 1.82) is 0 Å². The summed E-state index contributed by atoms with van der Waals surface area (Å²) in [5, 5.41) is 0. The highest BCUT2D eigenvalue weighted by atomic mass is 19.1. The minimum Gasteiger partial charge on any atom is -0.482 e. The quantitative estimate of drug-likeness (QED) is 0.626. The van der Waals surface area contributed by atoms with Gasteiger partial charge in [0.2, 0.25) is 0 Å².